The fourth-order valence-electron chi connectivity index (χ4n) is 2.29. The van der Waals surface area contributed by atoms with Crippen molar-refractivity contribution in [2.75, 3.05) is 0 Å². The molecule has 0 bridgehead atoms. The summed E-state index contributed by atoms with van der Waals surface area (Å²) in [6, 6.07) is 0. The first-order valence-electron chi connectivity index (χ1n) is 4.46. The van der Waals surface area contributed by atoms with Crippen molar-refractivity contribution in [3.05, 3.63) is 0 Å². The lowest BCUT2D eigenvalue weighted by Crippen LogP contribution is -2.42. The Bertz CT molecular complexity index is 101. The van der Waals surface area contributed by atoms with E-state index in [4.69, 9.17) is 0 Å². The molecule has 1 rings (SSSR count). The highest BCUT2D eigenvalue weighted by atomic mass is 14.4. The quantitative estimate of drug-likeness (QED) is 0.513. The average molecular weight is 137 g/mol. The Balaban J connectivity index is 2.34. The van der Waals surface area contributed by atoms with Crippen LogP contribution in [0.25, 0.3) is 0 Å². The maximum Gasteiger partial charge on any atom is 0.106 e. The monoisotopic (exact) mass is 137 g/mol. The van der Waals surface area contributed by atoms with Gasteiger partial charge in [0.1, 0.15) is 7.28 Å². The Morgan fingerprint density at radius 1 is 1.00 bits per heavy atom. The van der Waals surface area contributed by atoms with E-state index in [0.29, 0.717) is 0 Å². The summed E-state index contributed by atoms with van der Waals surface area (Å²) in [7, 11) is 2.31. The maximum absolute atomic E-state index is 2.39. The molecule has 2 atom stereocenters. The molecule has 0 nitrogen and oxygen atoms in total. The standard InChI is InChI=1S/C9H18B/c1-6-7(2)9(5-10-4)8(6)3/h6-9H,5H2,1-4H3. The molecule has 0 N–H and O–H groups in total. The van der Waals surface area contributed by atoms with Gasteiger partial charge in [-0.25, -0.2) is 0 Å². The largest absolute Gasteiger partial charge is 0.106 e. The summed E-state index contributed by atoms with van der Waals surface area (Å²) in [4.78, 5) is 0. The summed E-state index contributed by atoms with van der Waals surface area (Å²) in [5.74, 6) is 3.88. The molecule has 0 aromatic carbocycles. The molecule has 0 amide bonds. The van der Waals surface area contributed by atoms with Crippen LogP contribution in [0.1, 0.15) is 20.8 Å². The van der Waals surface area contributed by atoms with Crippen LogP contribution in [-0.2, 0) is 0 Å². The molecule has 10 heavy (non-hydrogen) atoms. The van der Waals surface area contributed by atoms with Gasteiger partial charge in [0.15, 0.2) is 0 Å². The van der Waals surface area contributed by atoms with Crippen LogP contribution in [0.15, 0.2) is 0 Å². The molecule has 1 saturated carbocycles. The van der Waals surface area contributed by atoms with Crippen LogP contribution in [0.2, 0.25) is 13.1 Å². The zero-order valence-corrected chi connectivity index (χ0v) is 7.59. The molecule has 1 fully saturated rings. The molecule has 1 heteroatoms. The van der Waals surface area contributed by atoms with Crippen LogP contribution in [0.4, 0.5) is 0 Å². The fourth-order valence-corrected chi connectivity index (χ4v) is 2.29. The normalized spacial score (nSPS) is 46.4. The van der Waals surface area contributed by atoms with Crippen LogP contribution in [0, 0.1) is 23.7 Å². The minimum atomic E-state index is 0.963. The van der Waals surface area contributed by atoms with Gasteiger partial charge in [-0.05, 0) is 23.7 Å². The summed E-state index contributed by atoms with van der Waals surface area (Å²) in [5.41, 5.74) is 0. The first-order chi connectivity index (χ1) is 4.68. The molecule has 2 unspecified atom stereocenters. The van der Waals surface area contributed by atoms with E-state index in [1.54, 1.807) is 0 Å². The zero-order chi connectivity index (χ0) is 7.72. The van der Waals surface area contributed by atoms with Crippen molar-refractivity contribution in [1.82, 2.24) is 0 Å². The van der Waals surface area contributed by atoms with E-state index in [1.165, 1.54) is 6.32 Å². The summed E-state index contributed by atoms with van der Waals surface area (Å²) in [6.45, 7) is 9.32. The summed E-state index contributed by atoms with van der Waals surface area (Å²) in [5, 5.41) is 0. The topological polar surface area (TPSA) is 0 Å². The SMILES string of the molecule is C[B]CC1C(C)C(C)C1C. The van der Waals surface area contributed by atoms with E-state index in [0.717, 1.165) is 23.7 Å². The second-order valence-corrected chi connectivity index (χ2v) is 3.89. The Morgan fingerprint density at radius 2 is 1.50 bits per heavy atom. The Morgan fingerprint density at radius 3 is 1.90 bits per heavy atom. The molecule has 57 valence electrons. The van der Waals surface area contributed by atoms with Crippen molar-refractivity contribution in [1.29, 1.82) is 0 Å². The van der Waals surface area contributed by atoms with Gasteiger partial charge in [0.25, 0.3) is 0 Å². The van der Waals surface area contributed by atoms with Gasteiger partial charge >= 0.3 is 0 Å². The van der Waals surface area contributed by atoms with Gasteiger partial charge in [0.2, 0.25) is 0 Å². The Hall–Kier alpha value is 0.0649. The van der Waals surface area contributed by atoms with Crippen molar-refractivity contribution in [2.24, 2.45) is 23.7 Å². The second-order valence-electron chi connectivity index (χ2n) is 3.89. The molecule has 0 aliphatic heterocycles. The average Bonchev–Trinajstić information content (AvgIpc) is 1.98. The van der Waals surface area contributed by atoms with Crippen LogP contribution in [0.3, 0.4) is 0 Å². The third-order valence-electron chi connectivity index (χ3n) is 3.52. The highest BCUT2D eigenvalue weighted by molar-refractivity contribution is 6.33. The molecule has 0 aromatic rings. The number of hydrogen-bond donors (Lipinski definition) is 0. The van der Waals surface area contributed by atoms with E-state index in [9.17, 15) is 0 Å². The Kier molecular flexibility index (Phi) is 2.43. The van der Waals surface area contributed by atoms with Crippen molar-refractivity contribution in [3.63, 3.8) is 0 Å². The first-order valence-corrected chi connectivity index (χ1v) is 4.46. The summed E-state index contributed by atoms with van der Waals surface area (Å²) < 4.78 is 0. The smallest absolute Gasteiger partial charge is 0.0920 e. The highest BCUT2D eigenvalue weighted by Crippen LogP contribution is 2.47. The molecule has 1 radical (unpaired) electrons. The predicted octanol–water partition coefficient (Wildman–Crippen LogP) is 2.70. The van der Waals surface area contributed by atoms with Crippen molar-refractivity contribution >= 4 is 7.28 Å². The van der Waals surface area contributed by atoms with Gasteiger partial charge < -0.3 is 0 Å². The van der Waals surface area contributed by atoms with Gasteiger partial charge in [-0.2, -0.15) is 0 Å². The lowest BCUT2D eigenvalue weighted by Gasteiger charge is -2.48. The minimum Gasteiger partial charge on any atom is -0.0920 e. The maximum atomic E-state index is 2.39. The minimum absolute atomic E-state index is 0.963. The summed E-state index contributed by atoms with van der Waals surface area (Å²) >= 11 is 0. The first kappa shape index (κ1) is 8.16. The third-order valence-corrected chi connectivity index (χ3v) is 3.52. The predicted molar refractivity (Wildman–Crippen MR) is 47.4 cm³/mol. The molecule has 0 spiro atoms. The van der Waals surface area contributed by atoms with Gasteiger partial charge in [0.05, 0.1) is 0 Å². The second kappa shape index (κ2) is 2.98. The molecular weight excluding hydrogens is 119 g/mol. The van der Waals surface area contributed by atoms with E-state index in [-0.39, 0.29) is 0 Å². The van der Waals surface area contributed by atoms with Crippen LogP contribution in [-0.4, -0.2) is 7.28 Å². The number of hydrogen-bond acceptors (Lipinski definition) is 0. The van der Waals surface area contributed by atoms with Crippen molar-refractivity contribution < 1.29 is 0 Å². The zero-order valence-electron chi connectivity index (χ0n) is 7.59. The molecule has 0 saturated heterocycles. The van der Waals surface area contributed by atoms with Crippen molar-refractivity contribution in [2.45, 2.75) is 33.9 Å². The van der Waals surface area contributed by atoms with E-state index in [2.05, 4.69) is 34.9 Å². The van der Waals surface area contributed by atoms with Gasteiger partial charge in [-0.3, -0.25) is 0 Å². The van der Waals surface area contributed by atoms with Crippen LogP contribution >= 0.6 is 0 Å². The molecule has 0 aromatic heterocycles. The van der Waals surface area contributed by atoms with Crippen LogP contribution < -0.4 is 0 Å². The molecule has 1 aliphatic carbocycles. The fraction of sp³-hybridized carbons (Fsp3) is 1.00. The third kappa shape index (κ3) is 1.11. The molecule has 0 heterocycles. The molecule has 1 aliphatic rings. The highest BCUT2D eigenvalue weighted by Gasteiger charge is 2.40. The van der Waals surface area contributed by atoms with E-state index < -0.39 is 0 Å². The van der Waals surface area contributed by atoms with Crippen molar-refractivity contribution in [3.8, 4) is 0 Å². The van der Waals surface area contributed by atoms with E-state index >= 15 is 0 Å². The number of rotatable bonds is 2. The van der Waals surface area contributed by atoms with E-state index in [1.807, 2.05) is 0 Å². The van der Waals surface area contributed by atoms with Crippen LogP contribution in [0.5, 0.6) is 0 Å². The summed E-state index contributed by atoms with van der Waals surface area (Å²) in [6.07, 6.45) is 1.33. The van der Waals surface area contributed by atoms with Gasteiger partial charge in [-0.1, -0.05) is 33.9 Å². The Labute approximate surface area is 65.6 Å². The van der Waals surface area contributed by atoms with Gasteiger partial charge in [-0.15, -0.1) is 0 Å². The lowest BCUT2D eigenvalue weighted by molar-refractivity contribution is 0.0304. The molecular formula is C9H18B. The van der Waals surface area contributed by atoms with Gasteiger partial charge in [0, 0.05) is 0 Å². The lowest BCUT2D eigenvalue weighted by atomic mass is 9.52.